The van der Waals surface area contributed by atoms with E-state index < -0.39 is 0 Å². The predicted octanol–water partition coefficient (Wildman–Crippen LogP) is 4.02. The van der Waals surface area contributed by atoms with Crippen molar-refractivity contribution in [3.05, 3.63) is 42.1 Å². The second kappa shape index (κ2) is 8.32. The first kappa shape index (κ1) is 21.0. The summed E-state index contributed by atoms with van der Waals surface area (Å²) >= 11 is 0. The number of anilines is 1. The van der Waals surface area contributed by atoms with E-state index >= 15 is 0 Å². The van der Waals surface area contributed by atoms with Gasteiger partial charge in [-0.05, 0) is 68.7 Å². The van der Waals surface area contributed by atoms with Gasteiger partial charge in [-0.25, -0.2) is 0 Å². The van der Waals surface area contributed by atoms with Gasteiger partial charge in [0.15, 0.2) is 0 Å². The van der Waals surface area contributed by atoms with Gasteiger partial charge in [-0.15, -0.1) is 0 Å². The lowest BCUT2D eigenvalue weighted by atomic mass is 9.68. The minimum Gasteiger partial charge on any atom is -0.338 e. The van der Waals surface area contributed by atoms with Crippen molar-refractivity contribution in [2.45, 2.75) is 64.1 Å². The normalized spacial score (nSPS) is 29.2. The van der Waals surface area contributed by atoms with Gasteiger partial charge in [-0.2, -0.15) is 0 Å². The zero-order chi connectivity index (χ0) is 22.5. The number of likely N-dealkylation sites (tertiary alicyclic amines) is 1. The Kier molecular flexibility index (Phi) is 5.28. The monoisotopic (exact) mass is 446 g/mol. The molecule has 3 fully saturated rings. The van der Waals surface area contributed by atoms with Crippen molar-refractivity contribution in [2.75, 3.05) is 25.0 Å². The smallest absolute Gasteiger partial charge is 0.243 e. The molecular weight excluding hydrogens is 412 g/mol. The fourth-order valence-electron chi connectivity index (χ4n) is 7.15. The van der Waals surface area contributed by atoms with E-state index in [1.807, 2.05) is 35.0 Å². The number of carbonyl (C=O) groups excluding carboxylic acids is 2. The van der Waals surface area contributed by atoms with Gasteiger partial charge in [0, 0.05) is 37.6 Å². The molecule has 0 radical (unpaired) electrons. The summed E-state index contributed by atoms with van der Waals surface area (Å²) in [6.07, 6.45) is 12.1. The standard InChI is InChI=1S/C27H34N4O2/c1-18(32)28-23-7-4-9-25-22(23)10-13-30(25)17-26(33)31-12-5-6-19-14-20-15-21(27(19)31)16-29-11-3-2-8-24(20)29/h4,7,9-10,13-14,20-21,24,27H,2-3,5-6,8,11-12,15-17H2,1H3,(H,28,32)/t20-,21-,24-,27+/m0/s1. The average molecular weight is 447 g/mol. The van der Waals surface area contributed by atoms with Gasteiger partial charge in [0.2, 0.25) is 11.8 Å². The quantitative estimate of drug-likeness (QED) is 0.725. The highest BCUT2D eigenvalue weighted by molar-refractivity contribution is 6.01. The van der Waals surface area contributed by atoms with Crippen molar-refractivity contribution in [1.82, 2.24) is 14.4 Å². The lowest BCUT2D eigenvalue weighted by Crippen LogP contribution is -2.60. The van der Waals surface area contributed by atoms with Crippen molar-refractivity contribution in [1.29, 1.82) is 0 Å². The van der Waals surface area contributed by atoms with Gasteiger partial charge in [0.25, 0.3) is 0 Å². The third kappa shape index (κ3) is 3.68. The summed E-state index contributed by atoms with van der Waals surface area (Å²) < 4.78 is 2.04. The van der Waals surface area contributed by atoms with Crippen molar-refractivity contribution >= 4 is 28.4 Å². The largest absolute Gasteiger partial charge is 0.338 e. The number of carbonyl (C=O) groups is 2. The number of hydrogen-bond acceptors (Lipinski definition) is 3. The second-order valence-electron chi connectivity index (χ2n) is 10.5. The van der Waals surface area contributed by atoms with Crippen LogP contribution >= 0.6 is 0 Å². The number of benzene rings is 1. The number of fused-ring (bicyclic) bond motifs is 7. The Morgan fingerprint density at radius 2 is 2.03 bits per heavy atom. The molecule has 2 amide bonds. The second-order valence-corrected chi connectivity index (χ2v) is 10.5. The molecule has 3 aliphatic heterocycles. The summed E-state index contributed by atoms with van der Waals surface area (Å²) in [6, 6.07) is 8.89. The number of rotatable bonds is 3. The average Bonchev–Trinajstić information content (AvgIpc) is 3.22. The van der Waals surface area contributed by atoms with Crippen LogP contribution in [-0.4, -0.2) is 57.9 Å². The van der Waals surface area contributed by atoms with Crippen LogP contribution in [0.1, 0.15) is 45.4 Å². The molecule has 6 nitrogen and oxygen atoms in total. The van der Waals surface area contributed by atoms with Crippen molar-refractivity contribution < 1.29 is 9.59 Å². The number of nitrogens with zero attached hydrogens (tertiary/aromatic N) is 3. The van der Waals surface area contributed by atoms with Crippen molar-refractivity contribution in [3.63, 3.8) is 0 Å². The molecule has 6 rings (SSSR count). The van der Waals surface area contributed by atoms with Crippen LogP contribution in [0.15, 0.2) is 42.1 Å². The van der Waals surface area contributed by atoms with Crippen LogP contribution in [-0.2, 0) is 16.1 Å². The van der Waals surface area contributed by atoms with Gasteiger partial charge < -0.3 is 14.8 Å². The Bertz CT molecular complexity index is 1120. The number of aromatic nitrogens is 1. The van der Waals surface area contributed by atoms with Crippen LogP contribution in [0, 0.1) is 11.8 Å². The number of hydrogen-bond donors (Lipinski definition) is 1. The topological polar surface area (TPSA) is 57.6 Å². The van der Waals surface area contributed by atoms with Crippen LogP contribution in [0.2, 0.25) is 0 Å². The molecule has 174 valence electrons. The maximum Gasteiger partial charge on any atom is 0.243 e. The van der Waals surface area contributed by atoms with E-state index in [9.17, 15) is 9.59 Å². The fourth-order valence-corrected chi connectivity index (χ4v) is 7.15. The highest BCUT2D eigenvalue weighted by atomic mass is 16.2. The van der Waals surface area contributed by atoms with Crippen LogP contribution in [0.5, 0.6) is 0 Å². The predicted molar refractivity (Wildman–Crippen MR) is 130 cm³/mol. The molecular formula is C27H34N4O2. The van der Waals surface area contributed by atoms with Crippen LogP contribution in [0.4, 0.5) is 5.69 Å². The first-order chi connectivity index (χ1) is 16.1. The molecule has 6 heteroatoms. The summed E-state index contributed by atoms with van der Waals surface area (Å²) in [4.78, 5) is 30.2. The lowest BCUT2D eigenvalue weighted by molar-refractivity contribution is -0.136. The van der Waals surface area contributed by atoms with Crippen LogP contribution < -0.4 is 5.32 Å². The summed E-state index contributed by atoms with van der Waals surface area (Å²) in [5.74, 6) is 1.39. The molecule has 33 heavy (non-hydrogen) atoms. The number of amides is 2. The van der Waals surface area contributed by atoms with E-state index in [1.165, 1.54) is 44.7 Å². The minimum absolute atomic E-state index is 0.0852. The minimum atomic E-state index is -0.0852. The Balaban J connectivity index is 1.25. The van der Waals surface area contributed by atoms with Gasteiger partial charge in [0.1, 0.15) is 6.54 Å². The van der Waals surface area contributed by atoms with E-state index in [0.29, 0.717) is 18.4 Å². The Morgan fingerprint density at radius 1 is 1.12 bits per heavy atom. The fraction of sp³-hybridized carbons (Fsp3) is 0.556. The maximum absolute atomic E-state index is 13.7. The van der Waals surface area contributed by atoms with E-state index in [0.717, 1.165) is 48.6 Å². The third-order valence-corrected chi connectivity index (χ3v) is 8.41. The summed E-state index contributed by atoms with van der Waals surface area (Å²) in [7, 11) is 0. The van der Waals surface area contributed by atoms with Gasteiger partial charge in [-0.3, -0.25) is 14.5 Å². The molecule has 0 saturated carbocycles. The molecule has 1 aromatic carbocycles. The molecule has 1 N–H and O–H groups in total. The molecule has 3 saturated heterocycles. The Morgan fingerprint density at radius 3 is 2.91 bits per heavy atom. The van der Waals surface area contributed by atoms with Gasteiger partial charge in [-0.1, -0.05) is 24.1 Å². The molecule has 0 unspecified atom stereocenters. The summed E-state index contributed by atoms with van der Waals surface area (Å²) in [5, 5.41) is 3.88. The first-order valence-corrected chi connectivity index (χ1v) is 12.7. The molecule has 4 atom stereocenters. The molecule has 1 aromatic heterocycles. The summed E-state index contributed by atoms with van der Waals surface area (Å²) in [5.41, 5.74) is 3.32. The van der Waals surface area contributed by atoms with Gasteiger partial charge in [0.05, 0.1) is 17.2 Å². The van der Waals surface area contributed by atoms with E-state index in [-0.39, 0.29) is 17.9 Å². The zero-order valence-corrected chi connectivity index (χ0v) is 19.5. The van der Waals surface area contributed by atoms with E-state index in [4.69, 9.17) is 0 Å². The highest BCUT2D eigenvalue weighted by Gasteiger charge is 2.46. The Labute approximate surface area is 195 Å². The molecule has 2 bridgehead atoms. The highest BCUT2D eigenvalue weighted by Crippen LogP contribution is 2.45. The van der Waals surface area contributed by atoms with Crippen LogP contribution in [0.25, 0.3) is 10.9 Å². The van der Waals surface area contributed by atoms with Crippen molar-refractivity contribution in [3.8, 4) is 0 Å². The third-order valence-electron chi connectivity index (χ3n) is 8.41. The van der Waals surface area contributed by atoms with Crippen LogP contribution in [0.3, 0.4) is 0 Å². The number of nitrogens with one attached hydrogen (secondary N) is 1. The first-order valence-electron chi connectivity index (χ1n) is 12.7. The molecule has 2 aromatic rings. The maximum atomic E-state index is 13.7. The van der Waals surface area contributed by atoms with E-state index in [1.54, 1.807) is 0 Å². The zero-order valence-electron chi connectivity index (χ0n) is 19.5. The van der Waals surface area contributed by atoms with Gasteiger partial charge >= 0.3 is 0 Å². The lowest BCUT2D eigenvalue weighted by Gasteiger charge is -2.54. The molecule has 4 heterocycles. The molecule has 1 aliphatic carbocycles. The SMILES string of the molecule is CC(=O)Nc1cccc2c1ccn2CC(=O)N1CCCC2=C[C@H]3C[C@@H](CN4CCCC[C@@H]34)[C@@H]21. The summed E-state index contributed by atoms with van der Waals surface area (Å²) in [6.45, 7) is 5.11. The Hall–Kier alpha value is -2.60. The molecule has 4 aliphatic rings. The number of piperidine rings is 3. The van der Waals surface area contributed by atoms with E-state index in [2.05, 4.69) is 21.2 Å². The van der Waals surface area contributed by atoms with Crippen molar-refractivity contribution in [2.24, 2.45) is 11.8 Å². The molecule has 0 spiro atoms.